The molecule has 0 amide bonds. The highest BCUT2D eigenvalue weighted by Gasteiger charge is 2.31. The molecule has 0 aliphatic heterocycles. The zero-order valence-electron chi connectivity index (χ0n) is 8.84. The van der Waals surface area contributed by atoms with E-state index in [0.717, 1.165) is 0 Å². The van der Waals surface area contributed by atoms with Crippen molar-refractivity contribution in [1.82, 2.24) is 0 Å². The molecule has 0 heterocycles. The second kappa shape index (κ2) is 5.27. The first kappa shape index (κ1) is 12.2. The Bertz CT molecular complexity index is 385. The van der Waals surface area contributed by atoms with Crippen LogP contribution in [0, 0.1) is 0 Å². The summed E-state index contributed by atoms with van der Waals surface area (Å²) in [7, 11) is 1.35. The van der Waals surface area contributed by atoms with Gasteiger partial charge in [-0.1, -0.05) is 0 Å². The lowest BCUT2D eigenvalue weighted by Gasteiger charge is -1.97. The van der Waals surface area contributed by atoms with Crippen molar-refractivity contribution in [2.45, 2.75) is 12.5 Å². The quantitative estimate of drug-likeness (QED) is 0.530. The number of benzene rings is 1. The molecule has 0 radical (unpaired) electrons. The van der Waals surface area contributed by atoms with Gasteiger partial charge in [0.05, 0.1) is 12.7 Å². The van der Waals surface area contributed by atoms with E-state index in [1.165, 1.54) is 7.11 Å². The molecule has 1 atom stereocenters. The van der Waals surface area contributed by atoms with Gasteiger partial charge in [0.2, 0.25) is 0 Å². The van der Waals surface area contributed by atoms with E-state index in [9.17, 15) is 9.59 Å². The molecule has 5 heteroatoms. The number of rotatable bonds is 1. The van der Waals surface area contributed by atoms with Crippen molar-refractivity contribution in [1.29, 1.82) is 0 Å². The molecule has 1 fully saturated rings. The number of nitrogen functional groups attached to an aromatic ring is 1. The summed E-state index contributed by atoms with van der Waals surface area (Å²) in [4.78, 5) is 20.5. The standard InChI is InChI=1S/C8H9NO2.C3H4O2/c1-11-8(10)6-2-4-7(9)5-3-6;4-2-1-3(2)5/h2-5H,9H2,1H3;2,4H,1H2. The number of hydrogen-bond acceptors (Lipinski definition) is 5. The highest BCUT2D eigenvalue weighted by Crippen LogP contribution is 2.11. The van der Waals surface area contributed by atoms with E-state index in [-0.39, 0.29) is 11.8 Å². The highest BCUT2D eigenvalue weighted by molar-refractivity contribution is 5.98. The van der Waals surface area contributed by atoms with Gasteiger partial charge in [0.25, 0.3) is 0 Å². The van der Waals surface area contributed by atoms with Crippen LogP contribution in [0.2, 0.25) is 0 Å². The third-order valence-electron chi connectivity index (χ3n) is 1.94. The Morgan fingerprint density at radius 1 is 1.44 bits per heavy atom. The molecular formula is C11H13NO4. The van der Waals surface area contributed by atoms with E-state index in [1.807, 2.05) is 0 Å². The van der Waals surface area contributed by atoms with Crippen LogP contribution in [0.1, 0.15) is 16.8 Å². The van der Waals surface area contributed by atoms with Gasteiger partial charge in [-0.05, 0) is 24.3 Å². The molecule has 1 saturated carbocycles. The molecular weight excluding hydrogens is 210 g/mol. The zero-order valence-corrected chi connectivity index (χ0v) is 8.84. The summed E-state index contributed by atoms with van der Waals surface area (Å²) in [5.41, 5.74) is 6.57. The minimum Gasteiger partial charge on any atom is -0.465 e. The third kappa shape index (κ3) is 3.70. The summed E-state index contributed by atoms with van der Waals surface area (Å²) in [5, 5.41) is 8.09. The second-order valence-corrected chi connectivity index (χ2v) is 3.30. The van der Waals surface area contributed by atoms with Crippen molar-refractivity contribution >= 4 is 17.4 Å². The maximum atomic E-state index is 10.9. The SMILES string of the molecule is COC(=O)c1ccc(N)cc1.O=C1CC1O. The molecule has 0 bridgehead atoms. The Labute approximate surface area is 92.8 Å². The van der Waals surface area contributed by atoms with Crippen LogP contribution in [-0.4, -0.2) is 30.1 Å². The van der Waals surface area contributed by atoms with Gasteiger partial charge in [0.15, 0.2) is 5.78 Å². The van der Waals surface area contributed by atoms with E-state index >= 15 is 0 Å². The van der Waals surface area contributed by atoms with Gasteiger partial charge in [-0.25, -0.2) is 4.79 Å². The van der Waals surface area contributed by atoms with Crippen molar-refractivity contribution in [3.63, 3.8) is 0 Å². The molecule has 86 valence electrons. The van der Waals surface area contributed by atoms with Crippen molar-refractivity contribution in [2.75, 3.05) is 12.8 Å². The summed E-state index contributed by atoms with van der Waals surface area (Å²) in [6, 6.07) is 6.57. The molecule has 1 aromatic carbocycles. The number of aliphatic hydroxyl groups excluding tert-OH is 1. The summed E-state index contributed by atoms with van der Waals surface area (Å²) < 4.78 is 4.50. The van der Waals surface area contributed by atoms with Gasteiger partial charge in [-0.2, -0.15) is 0 Å². The number of esters is 1. The largest absolute Gasteiger partial charge is 0.465 e. The molecule has 0 saturated heterocycles. The molecule has 0 aromatic heterocycles. The number of methoxy groups -OCH3 is 1. The van der Waals surface area contributed by atoms with Crippen molar-refractivity contribution in [3.8, 4) is 0 Å². The molecule has 1 aliphatic rings. The van der Waals surface area contributed by atoms with Gasteiger partial charge in [-0.3, -0.25) is 4.79 Å². The third-order valence-corrected chi connectivity index (χ3v) is 1.94. The molecule has 5 nitrogen and oxygen atoms in total. The molecule has 16 heavy (non-hydrogen) atoms. The molecule has 0 spiro atoms. The van der Waals surface area contributed by atoms with Crippen LogP contribution in [0.25, 0.3) is 0 Å². The molecule has 3 N–H and O–H groups in total. The first-order valence-electron chi connectivity index (χ1n) is 4.69. The first-order chi connectivity index (χ1) is 7.54. The van der Waals surface area contributed by atoms with E-state index in [1.54, 1.807) is 24.3 Å². The van der Waals surface area contributed by atoms with Crippen LogP contribution in [0.15, 0.2) is 24.3 Å². The highest BCUT2D eigenvalue weighted by atomic mass is 16.5. The van der Waals surface area contributed by atoms with E-state index in [4.69, 9.17) is 10.8 Å². The van der Waals surface area contributed by atoms with Crippen LogP contribution in [0.4, 0.5) is 5.69 Å². The summed E-state index contributed by atoms with van der Waals surface area (Å²) in [6.07, 6.45) is -0.199. The Morgan fingerprint density at radius 3 is 2.19 bits per heavy atom. The number of ether oxygens (including phenoxy) is 1. The number of aliphatic hydroxyl groups is 1. The number of nitrogens with two attached hydrogens (primary N) is 1. The van der Waals surface area contributed by atoms with Crippen LogP contribution in [-0.2, 0) is 9.53 Å². The Balaban J connectivity index is 0.000000212. The van der Waals surface area contributed by atoms with Crippen LogP contribution < -0.4 is 5.73 Å². The molecule has 1 aromatic rings. The number of hydrogen-bond donors (Lipinski definition) is 2. The normalized spacial score (nSPS) is 17.1. The molecule has 1 unspecified atom stereocenters. The van der Waals surface area contributed by atoms with Crippen molar-refractivity contribution in [3.05, 3.63) is 29.8 Å². The van der Waals surface area contributed by atoms with Crippen molar-refractivity contribution < 1.29 is 19.4 Å². The monoisotopic (exact) mass is 223 g/mol. The Hall–Kier alpha value is -1.88. The minimum absolute atomic E-state index is 0.0231. The smallest absolute Gasteiger partial charge is 0.337 e. The minimum atomic E-state index is -0.588. The number of carbonyl (C=O) groups is 2. The molecule has 2 rings (SSSR count). The van der Waals surface area contributed by atoms with Crippen LogP contribution in [0.5, 0.6) is 0 Å². The fourth-order valence-electron chi connectivity index (χ4n) is 0.869. The number of Topliss-reactive ketones (excluding diaryl/α,β-unsaturated/α-hetero) is 1. The summed E-state index contributed by atoms with van der Waals surface area (Å²) >= 11 is 0. The second-order valence-electron chi connectivity index (χ2n) is 3.30. The fraction of sp³-hybridized carbons (Fsp3) is 0.273. The van der Waals surface area contributed by atoms with Gasteiger partial charge in [0.1, 0.15) is 6.10 Å². The van der Waals surface area contributed by atoms with Crippen LogP contribution >= 0.6 is 0 Å². The predicted molar refractivity (Wildman–Crippen MR) is 57.8 cm³/mol. The lowest BCUT2D eigenvalue weighted by molar-refractivity contribution is -0.112. The zero-order chi connectivity index (χ0) is 12.1. The maximum Gasteiger partial charge on any atom is 0.337 e. The number of anilines is 1. The van der Waals surface area contributed by atoms with E-state index in [2.05, 4.69) is 4.74 Å². The van der Waals surface area contributed by atoms with E-state index < -0.39 is 6.10 Å². The van der Waals surface area contributed by atoms with Crippen LogP contribution in [0.3, 0.4) is 0 Å². The average molecular weight is 223 g/mol. The average Bonchev–Trinajstić information content (AvgIpc) is 2.93. The first-order valence-corrected chi connectivity index (χ1v) is 4.69. The van der Waals surface area contributed by atoms with Gasteiger partial charge < -0.3 is 15.6 Å². The number of ketones is 1. The van der Waals surface area contributed by atoms with Gasteiger partial charge in [0, 0.05) is 12.1 Å². The summed E-state index contributed by atoms with van der Waals surface area (Å²) in [5.74, 6) is -0.366. The predicted octanol–water partition coefficient (Wildman–Crippen LogP) is 0.375. The number of carbonyl (C=O) groups excluding carboxylic acids is 2. The van der Waals surface area contributed by atoms with E-state index in [0.29, 0.717) is 17.7 Å². The summed E-state index contributed by atoms with van der Waals surface area (Å²) in [6.45, 7) is 0. The van der Waals surface area contributed by atoms with Gasteiger partial charge >= 0.3 is 5.97 Å². The van der Waals surface area contributed by atoms with Gasteiger partial charge in [-0.15, -0.1) is 0 Å². The Morgan fingerprint density at radius 2 is 1.88 bits per heavy atom. The fourth-order valence-corrected chi connectivity index (χ4v) is 0.869. The molecule has 1 aliphatic carbocycles. The Kier molecular flexibility index (Phi) is 4.02. The maximum absolute atomic E-state index is 10.9. The van der Waals surface area contributed by atoms with Crippen molar-refractivity contribution in [2.24, 2.45) is 0 Å². The lowest BCUT2D eigenvalue weighted by atomic mass is 10.2. The lowest BCUT2D eigenvalue weighted by Crippen LogP contribution is -2.00. The topological polar surface area (TPSA) is 89.6 Å².